The highest BCUT2D eigenvalue weighted by Crippen LogP contribution is 1.99. The van der Waals surface area contributed by atoms with Crippen LogP contribution in [0.25, 0.3) is 0 Å². The van der Waals surface area contributed by atoms with Gasteiger partial charge in [-0.3, -0.25) is 0 Å². The Labute approximate surface area is 99.8 Å². The van der Waals surface area contributed by atoms with Gasteiger partial charge in [0.15, 0.2) is 0 Å². The molecular weight excluding hydrogens is 218 g/mol. The van der Waals surface area contributed by atoms with Gasteiger partial charge in [0.25, 0.3) is 0 Å². The summed E-state index contributed by atoms with van der Waals surface area (Å²) in [6, 6.07) is 9.19. The van der Waals surface area contributed by atoms with Crippen molar-refractivity contribution in [3.05, 3.63) is 48.6 Å². The largest absolute Gasteiger partial charge is 0.339 e. The van der Waals surface area contributed by atoms with E-state index in [0.717, 1.165) is 10.6 Å². The van der Waals surface area contributed by atoms with Crippen LogP contribution in [0.3, 0.4) is 0 Å². The maximum atomic E-state index is 11.7. The van der Waals surface area contributed by atoms with Gasteiger partial charge in [-0.25, -0.2) is 4.79 Å². The number of urea groups is 1. The van der Waals surface area contributed by atoms with Crippen molar-refractivity contribution in [2.75, 3.05) is 6.54 Å². The molecule has 0 bridgehead atoms. The zero-order chi connectivity index (χ0) is 12.5. The van der Waals surface area contributed by atoms with Gasteiger partial charge >= 0.3 is 6.03 Å². The number of rotatable bonds is 5. The van der Waals surface area contributed by atoms with Gasteiger partial charge in [0.2, 0.25) is 0 Å². The van der Waals surface area contributed by atoms with Crippen molar-refractivity contribution in [1.82, 2.24) is 10.3 Å². The summed E-state index contributed by atoms with van der Waals surface area (Å²) in [5.41, 5.74) is 1.00. The van der Waals surface area contributed by atoms with Crippen molar-refractivity contribution in [2.45, 2.75) is 6.54 Å². The number of nitrogens with two attached hydrogens (primary N) is 1. The van der Waals surface area contributed by atoms with E-state index in [-0.39, 0.29) is 12.6 Å². The van der Waals surface area contributed by atoms with E-state index in [0.29, 0.717) is 6.54 Å². The Balaban J connectivity index is 2.50. The van der Waals surface area contributed by atoms with Gasteiger partial charge in [0.05, 0.1) is 6.54 Å². The van der Waals surface area contributed by atoms with Crippen LogP contribution in [-0.4, -0.2) is 17.6 Å². The molecule has 17 heavy (non-hydrogen) atoms. The molecule has 0 fully saturated rings. The monoisotopic (exact) mass is 233 g/mol. The Bertz CT molecular complexity index is 390. The van der Waals surface area contributed by atoms with Crippen LogP contribution in [0.2, 0.25) is 0 Å². The summed E-state index contributed by atoms with van der Waals surface area (Å²) in [5, 5.41) is 10.3. The minimum absolute atomic E-state index is 0.251. The van der Waals surface area contributed by atoms with Crippen molar-refractivity contribution in [1.29, 1.82) is 0 Å². The van der Waals surface area contributed by atoms with Gasteiger partial charge in [-0.2, -0.15) is 5.01 Å². The number of carbonyl (C=O) groups is 1. The molecule has 6 heteroatoms. The molecule has 0 unspecified atom stereocenters. The molecule has 0 saturated carbocycles. The molecule has 1 rings (SSSR count). The maximum Gasteiger partial charge on any atom is 0.339 e. The fourth-order valence-corrected chi connectivity index (χ4v) is 1.21. The Hall–Kier alpha value is -2.37. The van der Waals surface area contributed by atoms with Crippen LogP contribution in [0.15, 0.2) is 53.4 Å². The molecule has 1 aromatic rings. The first-order valence-electron chi connectivity index (χ1n) is 5.09. The lowest BCUT2D eigenvalue weighted by atomic mass is 10.2. The third kappa shape index (κ3) is 4.33. The fourth-order valence-electron chi connectivity index (χ4n) is 1.21. The quantitative estimate of drug-likeness (QED) is 0.350. The first kappa shape index (κ1) is 12.7. The SMILES string of the molecule is C=CCN(N=NN)C(=O)NCc1ccccc1. The van der Waals surface area contributed by atoms with E-state index < -0.39 is 0 Å². The van der Waals surface area contributed by atoms with Crippen LogP contribution in [0.4, 0.5) is 4.79 Å². The van der Waals surface area contributed by atoms with Crippen LogP contribution >= 0.6 is 0 Å². The first-order chi connectivity index (χ1) is 8.27. The van der Waals surface area contributed by atoms with Gasteiger partial charge in [-0.1, -0.05) is 41.6 Å². The maximum absolute atomic E-state index is 11.7. The molecule has 1 aromatic carbocycles. The Morgan fingerprint density at radius 3 is 2.76 bits per heavy atom. The van der Waals surface area contributed by atoms with Gasteiger partial charge in [-0.15, -0.1) is 6.58 Å². The van der Waals surface area contributed by atoms with Gasteiger partial charge < -0.3 is 11.2 Å². The minimum Gasteiger partial charge on any atom is -0.332 e. The molecule has 2 amide bonds. The summed E-state index contributed by atoms with van der Waals surface area (Å²) in [5.74, 6) is 4.91. The standard InChI is InChI=1S/C11H15N5O/c1-2-8-16(15-14-12)11(17)13-9-10-6-4-3-5-7-10/h2-7H,1,8-9H2,(H2,12,15)(H,13,17). The van der Waals surface area contributed by atoms with E-state index >= 15 is 0 Å². The number of hydrogen-bond donors (Lipinski definition) is 2. The predicted octanol–water partition coefficient (Wildman–Crippen LogP) is 1.63. The van der Waals surface area contributed by atoms with Crippen LogP contribution in [-0.2, 0) is 6.54 Å². The molecule has 0 aliphatic rings. The summed E-state index contributed by atoms with van der Waals surface area (Å²) in [4.78, 5) is 11.7. The number of benzene rings is 1. The minimum atomic E-state index is -0.372. The summed E-state index contributed by atoms with van der Waals surface area (Å²) in [6.45, 7) is 4.19. The number of carbonyl (C=O) groups excluding carboxylic acids is 1. The second kappa shape index (κ2) is 7.00. The van der Waals surface area contributed by atoms with E-state index in [1.165, 1.54) is 6.08 Å². The molecule has 0 atom stereocenters. The van der Waals surface area contributed by atoms with Crippen molar-refractivity contribution < 1.29 is 4.79 Å². The van der Waals surface area contributed by atoms with Crippen molar-refractivity contribution in [3.8, 4) is 0 Å². The smallest absolute Gasteiger partial charge is 0.332 e. The number of amides is 2. The van der Waals surface area contributed by atoms with Crippen LogP contribution in [0, 0.1) is 0 Å². The average Bonchev–Trinajstić information content (AvgIpc) is 2.37. The van der Waals surface area contributed by atoms with Crippen molar-refractivity contribution >= 4 is 6.03 Å². The molecule has 0 aliphatic heterocycles. The summed E-state index contributed by atoms with van der Waals surface area (Å²) in [6.07, 6.45) is 1.54. The highest BCUT2D eigenvalue weighted by molar-refractivity contribution is 5.73. The Kier molecular flexibility index (Phi) is 5.23. The lowest BCUT2D eigenvalue weighted by Gasteiger charge is -2.13. The molecule has 6 nitrogen and oxygen atoms in total. The number of hydrogen-bond acceptors (Lipinski definition) is 3. The van der Waals surface area contributed by atoms with Gasteiger partial charge in [-0.05, 0) is 10.8 Å². The first-order valence-corrected chi connectivity index (χ1v) is 5.09. The van der Waals surface area contributed by atoms with Gasteiger partial charge in [0, 0.05) is 6.54 Å². The number of nitrogens with one attached hydrogen (secondary N) is 1. The zero-order valence-electron chi connectivity index (χ0n) is 9.41. The molecular formula is C11H15N5O. The highest BCUT2D eigenvalue weighted by atomic mass is 16.2. The van der Waals surface area contributed by atoms with E-state index in [1.807, 2.05) is 30.3 Å². The van der Waals surface area contributed by atoms with E-state index in [1.54, 1.807) is 0 Å². The third-order valence-corrected chi connectivity index (χ3v) is 1.98. The molecule has 0 spiro atoms. The van der Waals surface area contributed by atoms with E-state index in [9.17, 15) is 4.79 Å². The second-order valence-electron chi connectivity index (χ2n) is 3.22. The molecule has 0 aromatic heterocycles. The predicted molar refractivity (Wildman–Crippen MR) is 64.6 cm³/mol. The summed E-state index contributed by atoms with van der Waals surface area (Å²) in [7, 11) is 0. The lowest BCUT2D eigenvalue weighted by molar-refractivity contribution is 0.200. The normalized spacial score (nSPS) is 10.1. The molecule has 0 aliphatic carbocycles. The van der Waals surface area contributed by atoms with Gasteiger partial charge in [0.1, 0.15) is 0 Å². The van der Waals surface area contributed by atoms with Crippen LogP contribution in [0.5, 0.6) is 0 Å². The zero-order valence-corrected chi connectivity index (χ0v) is 9.41. The van der Waals surface area contributed by atoms with Crippen molar-refractivity contribution in [3.63, 3.8) is 0 Å². The molecule has 90 valence electrons. The summed E-state index contributed by atoms with van der Waals surface area (Å²) >= 11 is 0. The Morgan fingerprint density at radius 1 is 1.47 bits per heavy atom. The molecule has 3 N–H and O–H groups in total. The lowest BCUT2D eigenvalue weighted by Crippen LogP contribution is -2.36. The third-order valence-electron chi connectivity index (χ3n) is 1.98. The van der Waals surface area contributed by atoms with Crippen molar-refractivity contribution in [2.24, 2.45) is 16.3 Å². The number of nitrogens with zero attached hydrogens (tertiary/aromatic N) is 3. The molecule has 0 heterocycles. The molecule has 0 saturated heterocycles. The van der Waals surface area contributed by atoms with E-state index in [2.05, 4.69) is 22.3 Å². The Morgan fingerprint density at radius 2 is 2.18 bits per heavy atom. The highest BCUT2D eigenvalue weighted by Gasteiger charge is 2.10. The second-order valence-corrected chi connectivity index (χ2v) is 3.22. The topological polar surface area (TPSA) is 83.1 Å². The fraction of sp³-hybridized carbons (Fsp3) is 0.182. The average molecular weight is 233 g/mol. The van der Waals surface area contributed by atoms with E-state index in [4.69, 9.17) is 5.84 Å². The van der Waals surface area contributed by atoms with Crippen LogP contribution < -0.4 is 11.2 Å². The van der Waals surface area contributed by atoms with Crippen LogP contribution in [0.1, 0.15) is 5.56 Å². The molecule has 0 radical (unpaired) electrons. The summed E-state index contributed by atoms with van der Waals surface area (Å²) < 4.78 is 0.